The predicted molar refractivity (Wildman–Crippen MR) is 69.7 cm³/mol. The van der Waals surface area contributed by atoms with Crippen LogP contribution in [-0.2, 0) is 6.54 Å². The van der Waals surface area contributed by atoms with Crippen molar-refractivity contribution in [3.8, 4) is 11.4 Å². The zero-order valence-electron chi connectivity index (χ0n) is 10.1. The summed E-state index contributed by atoms with van der Waals surface area (Å²) in [5, 5.41) is 11.6. The van der Waals surface area contributed by atoms with E-state index in [-0.39, 0.29) is 0 Å². The van der Waals surface area contributed by atoms with Crippen LogP contribution in [-0.4, -0.2) is 21.3 Å². The van der Waals surface area contributed by atoms with Crippen LogP contribution in [0, 0.1) is 0 Å². The van der Waals surface area contributed by atoms with Crippen molar-refractivity contribution >= 4 is 11.6 Å². The van der Waals surface area contributed by atoms with E-state index in [0.29, 0.717) is 0 Å². The van der Waals surface area contributed by atoms with Gasteiger partial charge in [-0.05, 0) is 38.1 Å². The third kappa shape index (κ3) is 2.22. The van der Waals surface area contributed by atoms with Gasteiger partial charge in [0, 0.05) is 24.3 Å². The number of anilines is 2. The summed E-state index contributed by atoms with van der Waals surface area (Å²) < 4.78 is 2.05. The number of nitrogen functional groups attached to an aromatic ring is 1. The van der Waals surface area contributed by atoms with E-state index >= 15 is 0 Å². The van der Waals surface area contributed by atoms with E-state index < -0.39 is 0 Å². The highest BCUT2D eigenvalue weighted by Gasteiger charge is 2.11. The lowest BCUT2D eigenvalue weighted by Gasteiger charge is -2.07. The molecule has 2 aromatic rings. The Hall–Kier alpha value is -2.04. The van der Waals surface area contributed by atoms with Gasteiger partial charge in [-0.1, -0.05) is 0 Å². The fraction of sp³-hybridized carbons (Fsp3) is 0.333. The van der Waals surface area contributed by atoms with Crippen LogP contribution in [0.1, 0.15) is 13.8 Å². The second-order valence-electron chi connectivity index (χ2n) is 3.74. The number of nitrogens with one attached hydrogen (secondary N) is 1. The van der Waals surface area contributed by atoms with Crippen molar-refractivity contribution in [2.75, 3.05) is 17.6 Å². The topological polar surface area (TPSA) is 68.8 Å². The maximum Gasteiger partial charge on any atom is 0.224 e. The summed E-state index contributed by atoms with van der Waals surface area (Å²) in [6.07, 6.45) is 0. The second kappa shape index (κ2) is 4.86. The molecule has 1 heterocycles. The monoisotopic (exact) mass is 231 g/mol. The number of nitrogens with two attached hydrogens (primary N) is 1. The van der Waals surface area contributed by atoms with Crippen LogP contribution in [0.15, 0.2) is 24.3 Å². The molecule has 0 unspecified atom stereocenters. The molecule has 5 nitrogen and oxygen atoms in total. The second-order valence-corrected chi connectivity index (χ2v) is 3.74. The van der Waals surface area contributed by atoms with E-state index in [9.17, 15) is 0 Å². The first-order valence-electron chi connectivity index (χ1n) is 5.79. The minimum atomic E-state index is 0.753. The summed E-state index contributed by atoms with van der Waals surface area (Å²) in [6, 6.07) is 7.66. The van der Waals surface area contributed by atoms with Crippen molar-refractivity contribution in [2.24, 2.45) is 0 Å². The summed E-state index contributed by atoms with van der Waals surface area (Å²) in [6.45, 7) is 5.78. The number of aromatic nitrogens is 3. The van der Waals surface area contributed by atoms with Gasteiger partial charge in [0.25, 0.3) is 0 Å². The first kappa shape index (κ1) is 11.4. The van der Waals surface area contributed by atoms with E-state index in [2.05, 4.69) is 27.0 Å². The van der Waals surface area contributed by atoms with E-state index in [1.807, 2.05) is 31.2 Å². The highest BCUT2D eigenvalue weighted by Crippen LogP contribution is 2.21. The first-order valence-corrected chi connectivity index (χ1v) is 5.79. The molecule has 3 N–H and O–H groups in total. The summed E-state index contributed by atoms with van der Waals surface area (Å²) in [4.78, 5) is 0. The molecule has 0 aliphatic heterocycles. The summed E-state index contributed by atoms with van der Waals surface area (Å²) in [7, 11) is 0. The average Bonchev–Trinajstić information content (AvgIpc) is 2.73. The van der Waals surface area contributed by atoms with E-state index in [0.717, 1.165) is 36.1 Å². The standard InChI is InChI=1S/C12H17N5/c1-3-14-12-16-15-11(17(12)4-2)9-5-7-10(13)8-6-9/h5-8H,3-4,13H2,1-2H3,(H,14,16). The number of rotatable bonds is 4. The normalized spacial score (nSPS) is 10.5. The quantitative estimate of drug-likeness (QED) is 0.789. The lowest BCUT2D eigenvalue weighted by Crippen LogP contribution is -2.06. The molecule has 0 aliphatic carbocycles. The van der Waals surface area contributed by atoms with Gasteiger partial charge >= 0.3 is 0 Å². The Kier molecular flexibility index (Phi) is 3.27. The van der Waals surface area contributed by atoms with Crippen LogP contribution in [0.2, 0.25) is 0 Å². The Balaban J connectivity index is 2.41. The highest BCUT2D eigenvalue weighted by atomic mass is 15.3. The number of hydrogen-bond donors (Lipinski definition) is 2. The van der Waals surface area contributed by atoms with Gasteiger partial charge in [-0.2, -0.15) is 0 Å². The molecule has 1 aromatic heterocycles. The van der Waals surface area contributed by atoms with Crippen LogP contribution >= 0.6 is 0 Å². The molecule has 0 aliphatic rings. The van der Waals surface area contributed by atoms with Crippen molar-refractivity contribution in [2.45, 2.75) is 20.4 Å². The molecular formula is C12H17N5. The van der Waals surface area contributed by atoms with Crippen LogP contribution in [0.4, 0.5) is 11.6 Å². The van der Waals surface area contributed by atoms with Gasteiger partial charge < -0.3 is 11.1 Å². The Labute approximate surface area is 101 Å². The Bertz CT molecular complexity index is 486. The molecule has 0 amide bonds. The van der Waals surface area contributed by atoms with Crippen molar-refractivity contribution < 1.29 is 0 Å². The zero-order valence-corrected chi connectivity index (χ0v) is 10.1. The maximum atomic E-state index is 5.67. The van der Waals surface area contributed by atoms with Gasteiger partial charge in [0.1, 0.15) is 0 Å². The SMILES string of the molecule is CCNc1nnc(-c2ccc(N)cc2)n1CC. The molecule has 0 spiro atoms. The largest absolute Gasteiger partial charge is 0.399 e. The predicted octanol–water partition coefficient (Wildman–Crippen LogP) is 1.98. The van der Waals surface area contributed by atoms with E-state index in [4.69, 9.17) is 5.73 Å². The van der Waals surface area contributed by atoms with Gasteiger partial charge in [-0.3, -0.25) is 4.57 Å². The molecule has 17 heavy (non-hydrogen) atoms. The molecular weight excluding hydrogens is 214 g/mol. The number of hydrogen-bond acceptors (Lipinski definition) is 4. The van der Waals surface area contributed by atoms with Crippen molar-refractivity contribution in [3.05, 3.63) is 24.3 Å². The summed E-state index contributed by atoms with van der Waals surface area (Å²) in [5.41, 5.74) is 7.45. The third-order valence-electron chi connectivity index (χ3n) is 2.57. The molecule has 0 fully saturated rings. The summed E-state index contributed by atoms with van der Waals surface area (Å²) in [5.74, 6) is 1.67. The van der Waals surface area contributed by atoms with Crippen molar-refractivity contribution in [3.63, 3.8) is 0 Å². The molecule has 0 saturated carbocycles. The van der Waals surface area contributed by atoms with Crippen LogP contribution < -0.4 is 11.1 Å². The fourth-order valence-corrected chi connectivity index (χ4v) is 1.74. The average molecular weight is 231 g/mol. The molecule has 0 atom stereocenters. The fourth-order valence-electron chi connectivity index (χ4n) is 1.74. The highest BCUT2D eigenvalue weighted by molar-refractivity contribution is 5.60. The van der Waals surface area contributed by atoms with Gasteiger partial charge in [0.05, 0.1) is 0 Å². The molecule has 0 saturated heterocycles. The zero-order chi connectivity index (χ0) is 12.3. The maximum absolute atomic E-state index is 5.67. The Morgan fingerprint density at radius 1 is 1.18 bits per heavy atom. The summed E-state index contributed by atoms with van der Waals surface area (Å²) >= 11 is 0. The smallest absolute Gasteiger partial charge is 0.224 e. The minimum absolute atomic E-state index is 0.753. The molecule has 5 heteroatoms. The van der Waals surface area contributed by atoms with E-state index in [1.165, 1.54) is 0 Å². The van der Waals surface area contributed by atoms with Crippen molar-refractivity contribution in [1.29, 1.82) is 0 Å². The van der Waals surface area contributed by atoms with Gasteiger partial charge in [-0.15, -0.1) is 10.2 Å². The molecule has 0 radical (unpaired) electrons. The van der Waals surface area contributed by atoms with Gasteiger partial charge in [0.2, 0.25) is 5.95 Å². The lowest BCUT2D eigenvalue weighted by molar-refractivity contribution is 0.770. The first-order chi connectivity index (χ1) is 8.26. The van der Waals surface area contributed by atoms with Gasteiger partial charge in [0.15, 0.2) is 5.82 Å². The molecule has 0 bridgehead atoms. The van der Waals surface area contributed by atoms with Crippen LogP contribution in [0.3, 0.4) is 0 Å². The lowest BCUT2D eigenvalue weighted by atomic mass is 10.2. The van der Waals surface area contributed by atoms with E-state index in [1.54, 1.807) is 0 Å². The van der Waals surface area contributed by atoms with Gasteiger partial charge in [-0.25, -0.2) is 0 Å². The Morgan fingerprint density at radius 3 is 2.47 bits per heavy atom. The number of benzene rings is 1. The minimum Gasteiger partial charge on any atom is -0.399 e. The Morgan fingerprint density at radius 2 is 1.88 bits per heavy atom. The molecule has 1 aromatic carbocycles. The third-order valence-corrected chi connectivity index (χ3v) is 2.57. The van der Waals surface area contributed by atoms with Crippen molar-refractivity contribution in [1.82, 2.24) is 14.8 Å². The molecule has 90 valence electrons. The van der Waals surface area contributed by atoms with Crippen LogP contribution in [0.5, 0.6) is 0 Å². The number of nitrogens with zero attached hydrogens (tertiary/aromatic N) is 3. The van der Waals surface area contributed by atoms with Crippen LogP contribution in [0.25, 0.3) is 11.4 Å². The molecule has 2 rings (SSSR count).